The number of para-hydroxylation sites is 2. The normalized spacial score (nSPS) is 16.9. The van der Waals surface area contributed by atoms with E-state index in [4.69, 9.17) is 12.2 Å². The van der Waals surface area contributed by atoms with Crippen LogP contribution < -0.4 is 10.2 Å². The Morgan fingerprint density at radius 1 is 1.20 bits per heavy atom. The highest BCUT2D eigenvalue weighted by atomic mass is 32.1. The van der Waals surface area contributed by atoms with Crippen LogP contribution in [0.5, 0.6) is 0 Å². The highest BCUT2D eigenvalue weighted by Gasteiger charge is 2.28. The van der Waals surface area contributed by atoms with E-state index in [1.807, 2.05) is 18.2 Å². The predicted octanol–water partition coefficient (Wildman–Crippen LogP) is 3.97. The van der Waals surface area contributed by atoms with Crippen LogP contribution in [0.1, 0.15) is 12.5 Å². The van der Waals surface area contributed by atoms with Crippen LogP contribution in [0, 0.1) is 5.82 Å². The van der Waals surface area contributed by atoms with Crippen LogP contribution in [-0.2, 0) is 6.42 Å². The zero-order valence-corrected chi connectivity index (χ0v) is 12.0. The van der Waals surface area contributed by atoms with Gasteiger partial charge < -0.3 is 10.2 Å². The van der Waals surface area contributed by atoms with Crippen molar-refractivity contribution in [3.8, 4) is 0 Å². The molecule has 0 aromatic heterocycles. The number of rotatable bonds is 1. The molecule has 0 saturated heterocycles. The summed E-state index contributed by atoms with van der Waals surface area (Å²) in [5, 5.41) is 3.54. The summed E-state index contributed by atoms with van der Waals surface area (Å²) in [4.78, 5) is 2.05. The molecule has 0 saturated carbocycles. The van der Waals surface area contributed by atoms with E-state index in [2.05, 4.69) is 23.2 Å². The van der Waals surface area contributed by atoms with Crippen LogP contribution in [0.15, 0.2) is 48.5 Å². The molecule has 3 rings (SSSR count). The highest BCUT2D eigenvalue weighted by Crippen LogP contribution is 2.32. The molecule has 1 aliphatic heterocycles. The molecular weight excluding hydrogens is 271 g/mol. The maximum absolute atomic E-state index is 13.7. The largest absolute Gasteiger partial charge is 0.330 e. The highest BCUT2D eigenvalue weighted by molar-refractivity contribution is 7.80. The number of hydrogen-bond donors (Lipinski definition) is 1. The Bertz CT molecular complexity index is 656. The third kappa shape index (κ3) is 2.27. The number of halogens is 1. The maximum Gasteiger partial charge on any atom is 0.178 e. The lowest BCUT2D eigenvalue weighted by molar-refractivity contribution is 0.632. The number of nitrogens with zero attached hydrogens (tertiary/aromatic N) is 1. The fraction of sp³-hybridized carbons (Fsp3) is 0.188. The Hall–Kier alpha value is -1.94. The number of hydrogen-bond acceptors (Lipinski definition) is 1. The van der Waals surface area contributed by atoms with E-state index in [9.17, 15) is 4.39 Å². The van der Waals surface area contributed by atoms with Gasteiger partial charge in [0.25, 0.3) is 0 Å². The van der Waals surface area contributed by atoms with Crippen molar-refractivity contribution >= 4 is 28.7 Å². The van der Waals surface area contributed by atoms with E-state index in [1.54, 1.807) is 18.2 Å². The molecule has 1 N–H and O–H groups in total. The van der Waals surface area contributed by atoms with E-state index in [-0.39, 0.29) is 11.9 Å². The summed E-state index contributed by atoms with van der Waals surface area (Å²) in [6, 6.07) is 15.0. The van der Waals surface area contributed by atoms with E-state index in [0.29, 0.717) is 10.8 Å². The minimum absolute atomic E-state index is 0.277. The Morgan fingerprint density at radius 2 is 1.90 bits per heavy atom. The van der Waals surface area contributed by atoms with Gasteiger partial charge in [0, 0.05) is 11.7 Å². The first kappa shape index (κ1) is 13.1. The molecule has 0 radical (unpaired) electrons. The van der Waals surface area contributed by atoms with Gasteiger partial charge in [-0.05, 0) is 49.3 Å². The fourth-order valence-corrected chi connectivity index (χ4v) is 3.00. The third-order valence-corrected chi connectivity index (χ3v) is 3.84. The van der Waals surface area contributed by atoms with Gasteiger partial charge in [0.15, 0.2) is 5.11 Å². The summed E-state index contributed by atoms with van der Waals surface area (Å²) in [6.45, 7) is 2.12. The smallest absolute Gasteiger partial charge is 0.178 e. The van der Waals surface area contributed by atoms with Crippen molar-refractivity contribution < 1.29 is 4.39 Å². The Morgan fingerprint density at radius 3 is 2.70 bits per heavy atom. The minimum Gasteiger partial charge on any atom is -0.330 e. The molecule has 0 fully saturated rings. The van der Waals surface area contributed by atoms with E-state index in [0.717, 1.165) is 12.1 Å². The number of nitrogens with one attached hydrogen (secondary N) is 1. The number of fused-ring (bicyclic) bond motifs is 1. The Kier molecular flexibility index (Phi) is 3.40. The standard InChI is InChI=1S/C16H15FN2S/c1-11-10-12-6-2-5-9-15(12)19(11)16(20)18-14-8-4-3-7-13(14)17/h2-9,11H,10H2,1H3,(H,18,20). The van der Waals surface area contributed by atoms with Gasteiger partial charge in [-0.15, -0.1) is 0 Å². The maximum atomic E-state index is 13.7. The van der Waals surface area contributed by atoms with Crippen LogP contribution in [-0.4, -0.2) is 11.2 Å². The van der Waals surface area contributed by atoms with Gasteiger partial charge in [-0.2, -0.15) is 0 Å². The molecule has 0 amide bonds. The Labute approximate surface area is 123 Å². The molecule has 102 valence electrons. The summed E-state index contributed by atoms with van der Waals surface area (Å²) < 4.78 is 13.7. The molecule has 0 spiro atoms. The molecule has 2 aromatic carbocycles. The molecule has 1 aliphatic rings. The van der Waals surface area contributed by atoms with Gasteiger partial charge in [0.2, 0.25) is 0 Å². The lowest BCUT2D eigenvalue weighted by Crippen LogP contribution is -2.39. The molecule has 0 aliphatic carbocycles. The van der Waals surface area contributed by atoms with Gasteiger partial charge in [0.05, 0.1) is 5.69 Å². The second-order valence-electron chi connectivity index (χ2n) is 4.96. The number of thiocarbonyl (C=S) groups is 1. The van der Waals surface area contributed by atoms with Crippen LogP contribution in [0.4, 0.5) is 15.8 Å². The van der Waals surface area contributed by atoms with Gasteiger partial charge in [0.1, 0.15) is 5.82 Å². The summed E-state index contributed by atoms with van der Waals surface area (Å²) >= 11 is 5.46. The molecule has 1 unspecified atom stereocenters. The monoisotopic (exact) mass is 286 g/mol. The minimum atomic E-state index is -0.296. The van der Waals surface area contributed by atoms with Gasteiger partial charge in [-0.1, -0.05) is 30.3 Å². The molecular formula is C16H15FN2S. The van der Waals surface area contributed by atoms with Crippen LogP contribution in [0.3, 0.4) is 0 Å². The molecule has 1 heterocycles. The summed E-state index contributed by atoms with van der Waals surface area (Å²) in [7, 11) is 0. The molecule has 2 nitrogen and oxygen atoms in total. The average Bonchev–Trinajstić information content (AvgIpc) is 2.77. The molecule has 4 heteroatoms. The zero-order valence-electron chi connectivity index (χ0n) is 11.1. The van der Waals surface area contributed by atoms with Gasteiger partial charge in [-0.25, -0.2) is 4.39 Å². The molecule has 0 bridgehead atoms. The van der Waals surface area contributed by atoms with Crippen molar-refractivity contribution in [2.75, 3.05) is 10.2 Å². The third-order valence-electron chi connectivity index (χ3n) is 3.54. The van der Waals surface area contributed by atoms with E-state index < -0.39 is 0 Å². The SMILES string of the molecule is CC1Cc2ccccc2N1C(=S)Nc1ccccc1F. The topological polar surface area (TPSA) is 15.3 Å². The summed E-state index contributed by atoms with van der Waals surface area (Å²) in [5.74, 6) is -0.296. The first-order valence-corrected chi connectivity index (χ1v) is 7.00. The van der Waals surface area contributed by atoms with Crippen molar-refractivity contribution in [1.82, 2.24) is 0 Å². The average molecular weight is 286 g/mol. The Balaban J connectivity index is 1.86. The van der Waals surface area contributed by atoms with Crippen molar-refractivity contribution in [1.29, 1.82) is 0 Å². The van der Waals surface area contributed by atoms with Crippen molar-refractivity contribution in [2.24, 2.45) is 0 Å². The summed E-state index contributed by atoms with van der Waals surface area (Å²) in [6.07, 6.45) is 0.954. The number of anilines is 2. The van der Waals surface area contributed by atoms with E-state index in [1.165, 1.54) is 11.6 Å². The first-order chi connectivity index (χ1) is 9.66. The van der Waals surface area contributed by atoms with Crippen LogP contribution in [0.25, 0.3) is 0 Å². The van der Waals surface area contributed by atoms with Crippen LogP contribution >= 0.6 is 12.2 Å². The summed E-state index contributed by atoms with van der Waals surface area (Å²) in [5.41, 5.74) is 2.79. The van der Waals surface area contributed by atoms with Gasteiger partial charge in [-0.3, -0.25) is 0 Å². The predicted molar refractivity (Wildman–Crippen MR) is 84.7 cm³/mol. The second-order valence-corrected chi connectivity index (χ2v) is 5.35. The lowest BCUT2D eigenvalue weighted by Gasteiger charge is -2.26. The van der Waals surface area contributed by atoms with Gasteiger partial charge >= 0.3 is 0 Å². The molecule has 20 heavy (non-hydrogen) atoms. The van der Waals surface area contributed by atoms with Crippen molar-refractivity contribution in [3.05, 3.63) is 59.9 Å². The lowest BCUT2D eigenvalue weighted by atomic mass is 10.1. The molecule has 2 aromatic rings. The van der Waals surface area contributed by atoms with Crippen molar-refractivity contribution in [2.45, 2.75) is 19.4 Å². The fourth-order valence-electron chi connectivity index (χ4n) is 2.61. The molecule has 1 atom stereocenters. The van der Waals surface area contributed by atoms with E-state index >= 15 is 0 Å². The first-order valence-electron chi connectivity index (χ1n) is 6.59. The zero-order chi connectivity index (χ0) is 14.1. The number of benzene rings is 2. The second kappa shape index (κ2) is 5.21. The van der Waals surface area contributed by atoms with Crippen LogP contribution in [0.2, 0.25) is 0 Å². The van der Waals surface area contributed by atoms with Crippen molar-refractivity contribution in [3.63, 3.8) is 0 Å². The quantitative estimate of drug-likeness (QED) is 0.798.